The number of nitrogens with one attached hydrogen (secondary N) is 1. The summed E-state index contributed by atoms with van der Waals surface area (Å²) >= 11 is 1.29. The first kappa shape index (κ1) is 10.5. The summed E-state index contributed by atoms with van der Waals surface area (Å²) in [7, 11) is 1.31. The minimum Gasteiger partial charge on any atom is -0.464 e. The molecular weight excluding hydrogens is 228 g/mol. The highest BCUT2D eigenvalue weighted by atomic mass is 32.1. The second-order valence-corrected chi connectivity index (χ2v) is 3.58. The average Bonchev–Trinajstić information content (AvgIpc) is 2.78. The van der Waals surface area contributed by atoms with Gasteiger partial charge in [-0.15, -0.1) is 11.3 Å². The Morgan fingerprint density at radius 3 is 2.88 bits per heavy atom. The highest BCUT2D eigenvalue weighted by molar-refractivity contribution is 7.14. The van der Waals surface area contributed by atoms with E-state index in [2.05, 4.69) is 25.0 Å². The van der Waals surface area contributed by atoms with E-state index in [0.717, 1.165) is 0 Å². The van der Waals surface area contributed by atoms with E-state index in [9.17, 15) is 4.79 Å². The summed E-state index contributed by atoms with van der Waals surface area (Å²) in [5.74, 6) is -0.0217. The molecule has 0 aliphatic rings. The molecule has 7 heteroatoms. The van der Waals surface area contributed by atoms with Gasteiger partial charge in [-0.05, 0) is 6.07 Å². The Hall–Kier alpha value is -2.02. The van der Waals surface area contributed by atoms with Crippen molar-refractivity contribution in [3.05, 3.63) is 29.5 Å². The van der Waals surface area contributed by atoms with E-state index in [1.54, 1.807) is 23.8 Å². The summed E-state index contributed by atoms with van der Waals surface area (Å²) in [6.45, 7) is 0. The van der Waals surface area contributed by atoms with Crippen LogP contribution in [0.3, 0.4) is 0 Å². The molecule has 1 N–H and O–H groups in total. The van der Waals surface area contributed by atoms with Crippen LogP contribution in [0.15, 0.2) is 23.8 Å². The number of methoxy groups -OCH3 is 1. The Labute approximate surface area is 95.3 Å². The second-order valence-electron chi connectivity index (χ2n) is 2.73. The van der Waals surface area contributed by atoms with Crippen LogP contribution in [-0.2, 0) is 4.74 Å². The molecule has 0 fully saturated rings. The van der Waals surface area contributed by atoms with Crippen molar-refractivity contribution in [1.82, 2.24) is 15.0 Å². The molecule has 16 heavy (non-hydrogen) atoms. The number of hydrogen-bond acceptors (Lipinski definition) is 7. The molecule has 6 nitrogen and oxygen atoms in total. The monoisotopic (exact) mass is 236 g/mol. The summed E-state index contributed by atoms with van der Waals surface area (Å²) in [6.07, 6.45) is 3.23. The zero-order valence-electron chi connectivity index (χ0n) is 8.38. The molecule has 2 heterocycles. The van der Waals surface area contributed by atoms with Gasteiger partial charge in [0, 0.05) is 17.8 Å². The number of anilines is 2. The molecule has 0 bridgehead atoms. The normalized spacial score (nSPS) is 9.81. The first-order chi connectivity index (χ1) is 7.79. The third-order valence-electron chi connectivity index (χ3n) is 1.68. The molecule has 0 radical (unpaired) electrons. The molecule has 0 aliphatic carbocycles. The van der Waals surface area contributed by atoms with E-state index >= 15 is 0 Å². The van der Waals surface area contributed by atoms with Crippen molar-refractivity contribution in [2.75, 3.05) is 12.4 Å². The Kier molecular flexibility index (Phi) is 3.06. The van der Waals surface area contributed by atoms with Crippen LogP contribution in [0.1, 0.15) is 10.5 Å². The van der Waals surface area contributed by atoms with Gasteiger partial charge in [0.15, 0.2) is 10.8 Å². The molecular formula is C9H8N4O2S. The smallest absolute Gasteiger partial charge is 0.357 e. The fourth-order valence-electron chi connectivity index (χ4n) is 0.989. The van der Waals surface area contributed by atoms with Crippen LogP contribution in [0, 0.1) is 0 Å². The second kappa shape index (κ2) is 4.67. The number of hydrogen-bond donors (Lipinski definition) is 1. The first-order valence-corrected chi connectivity index (χ1v) is 5.25. The zero-order chi connectivity index (χ0) is 11.4. The first-order valence-electron chi connectivity index (χ1n) is 4.37. The van der Waals surface area contributed by atoms with Crippen LogP contribution in [-0.4, -0.2) is 28.0 Å². The number of nitrogens with zero attached hydrogens (tertiary/aromatic N) is 3. The molecule has 2 rings (SSSR count). The number of ether oxygens (including phenoxy) is 1. The summed E-state index contributed by atoms with van der Waals surface area (Å²) in [4.78, 5) is 23.1. The van der Waals surface area contributed by atoms with Gasteiger partial charge in [0.1, 0.15) is 0 Å². The zero-order valence-corrected chi connectivity index (χ0v) is 9.19. The topological polar surface area (TPSA) is 77.0 Å². The number of esters is 1. The highest BCUT2D eigenvalue weighted by Gasteiger charge is 2.10. The van der Waals surface area contributed by atoms with Gasteiger partial charge in [-0.25, -0.2) is 19.7 Å². The van der Waals surface area contributed by atoms with Crippen LogP contribution in [0.25, 0.3) is 0 Å². The van der Waals surface area contributed by atoms with Crippen molar-refractivity contribution >= 4 is 28.4 Å². The summed E-state index contributed by atoms with van der Waals surface area (Å²) in [5, 5.41) is 5.04. The fourth-order valence-corrected chi connectivity index (χ4v) is 1.66. The van der Waals surface area contributed by atoms with Gasteiger partial charge in [-0.2, -0.15) is 0 Å². The minimum atomic E-state index is -0.460. The van der Waals surface area contributed by atoms with E-state index in [4.69, 9.17) is 0 Å². The van der Waals surface area contributed by atoms with Crippen LogP contribution in [0.5, 0.6) is 0 Å². The molecule has 0 atom stereocenters. The summed E-state index contributed by atoms with van der Waals surface area (Å²) in [5.41, 5.74) is 0.269. The third kappa shape index (κ3) is 2.31. The largest absolute Gasteiger partial charge is 0.464 e. The quantitative estimate of drug-likeness (QED) is 0.813. The lowest BCUT2D eigenvalue weighted by Crippen LogP contribution is -2.02. The predicted molar refractivity (Wildman–Crippen MR) is 58.8 cm³/mol. The van der Waals surface area contributed by atoms with Gasteiger partial charge in [-0.3, -0.25) is 0 Å². The molecule has 82 valence electrons. The molecule has 0 saturated carbocycles. The maximum absolute atomic E-state index is 11.1. The fraction of sp³-hybridized carbons (Fsp3) is 0.111. The van der Waals surface area contributed by atoms with Crippen LogP contribution in [0.2, 0.25) is 0 Å². The molecule has 0 aromatic carbocycles. The van der Waals surface area contributed by atoms with Gasteiger partial charge >= 0.3 is 5.97 Å². The van der Waals surface area contributed by atoms with Gasteiger partial charge in [-0.1, -0.05) is 0 Å². The van der Waals surface area contributed by atoms with E-state index in [0.29, 0.717) is 11.1 Å². The maximum atomic E-state index is 11.1. The maximum Gasteiger partial charge on any atom is 0.357 e. The van der Waals surface area contributed by atoms with Gasteiger partial charge < -0.3 is 10.1 Å². The van der Waals surface area contributed by atoms with Gasteiger partial charge in [0.25, 0.3) is 0 Å². The Morgan fingerprint density at radius 2 is 2.19 bits per heavy atom. The van der Waals surface area contributed by atoms with Gasteiger partial charge in [0.2, 0.25) is 5.95 Å². The molecule has 0 spiro atoms. The van der Waals surface area contributed by atoms with Crippen LogP contribution < -0.4 is 5.32 Å². The summed E-state index contributed by atoms with van der Waals surface area (Å²) < 4.78 is 4.55. The summed E-state index contributed by atoms with van der Waals surface area (Å²) in [6, 6.07) is 1.72. The van der Waals surface area contributed by atoms with E-state index in [1.165, 1.54) is 18.4 Å². The molecule has 2 aromatic rings. The standard InChI is InChI=1S/C9H8N4O2S/c1-15-7(14)6-5-16-9(12-6)13-8-10-3-2-4-11-8/h2-5H,1H3,(H,10,11,12,13). The van der Waals surface area contributed by atoms with Crippen LogP contribution in [0.4, 0.5) is 11.1 Å². The molecule has 0 amide bonds. The molecule has 0 unspecified atom stereocenters. The Morgan fingerprint density at radius 1 is 1.44 bits per heavy atom. The highest BCUT2D eigenvalue weighted by Crippen LogP contribution is 2.18. The lowest BCUT2D eigenvalue weighted by atomic mass is 10.5. The minimum absolute atomic E-state index is 0.269. The molecule has 2 aromatic heterocycles. The van der Waals surface area contributed by atoms with Crippen molar-refractivity contribution in [3.8, 4) is 0 Å². The van der Waals surface area contributed by atoms with E-state index in [1.807, 2.05) is 0 Å². The van der Waals surface area contributed by atoms with Crippen molar-refractivity contribution in [3.63, 3.8) is 0 Å². The Balaban J connectivity index is 2.12. The van der Waals surface area contributed by atoms with Gasteiger partial charge in [0.05, 0.1) is 7.11 Å². The lowest BCUT2D eigenvalue weighted by Gasteiger charge is -1.97. The Bertz CT molecular complexity index is 485. The third-order valence-corrected chi connectivity index (χ3v) is 2.44. The SMILES string of the molecule is COC(=O)c1csc(Nc2ncccn2)n1. The molecule has 0 saturated heterocycles. The predicted octanol–water partition coefficient (Wildman–Crippen LogP) is 1.46. The number of thiazole rings is 1. The van der Waals surface area contributed by atoms with Crippen molar-refractivity contribution in [2.24, 2.45) is 0 Å². The van der Waals surface area contributed by atoms with Crippen molar-refractivity contribution in [2.45, 2.75) is 0 Å². The van der Waals surface area contributed by atoms with E-state index in [-0.39, 0.29) is 5.69 Å². The molecule has 0 aliphatic heterocycles. The average molecular weight is 236 g/mol. The van der Waals surface area contributed by atoms with E-state index < -0.39 is 5.97 Å². The van der Waals surface area contributed by atoms with Crippen molar-refractivity contribution in [1.29, 1.82) is 0 Å². The van der Waals surface area contributed by atoms with Crippen LogP contribution >= 0.6 is 11.3 Å². The number of aromatic nitrogens is 3. The number of rotatable bonds is 3. The lowest BCUT2D eigenvalue weighted by molar-refractivity contribution is 0.0595. The number of carbonyl (C=O) groups is 1. The number of carbonyl (C=O) groups excluding carboxylic acids is 1. The van der Waals surface area contributed by atoms with Crippen molar-refractivity contribution < 1.29 is 9.53 Å².